The third-order valence-corrected chi connectivity index (χ3v) is 6.98. The van der Waals surface area contributed by atoms with Gasteiger partial charge in [0, 0.05) is 17.9 Å². The van der Waals surface area contributed by atoms with Crippen molar-refractivity contribution in [3.05, 3.63) is 0 Å². The zero-order valence-corrected chi connectivity index (χ0v) is 26.8. The van der Waals surface area contributed by atoms with Gasteiger partial charge in [-0.15, -0.1) is 0 Å². The molecule has 0 saturated carbocycles. The third-order valence-electron chi connectivity index (χ3n) is 6.22. The fourth-order valence-corrected chi connectivity index (χ4v) is 4.00. The second-order valence-electron chi connectivity index (χ2n) is 10.5. The number of rotatable bonds is 22. The van der Waals surface area contributed by atoms with Gasteiger partial charge < -0.3 is 54.0 Å². The average molecular weight is 681 g/mol. The van der Waals surface area contributed by atoms with Crippen LogP contribution in [0.5, 0.6) is 0 Å². The molecule has 0 radical (unpaired) electrons. The van der Waals surface area contributed by atoms with E-state index >= 15 is 0 Å². The summed E-state index contributed by atoms with van der Waals surface area (Å²) in [7, 11) is 0. The molecule has 0 aromatic carbocycles. The van der Waals surface area contributed by atoms with Gasteiger partial charge in [0.2, 0.25) is 35.4 Å². The van der Waals surface area contributed by atoms with Crippen LogP contribution in [0.3, 0.4) is 0 Å². The Morgan fingerprint density at radius 3 is 1.76 bits per heavy atom. The number of carboxylic acid groups (broad SMARTS) is 2. The van der Waals surface area contributed by atoms with E-state index in [1.165, 1.54) is 13.8 Å². The van der Waals surface area contributed by atoms with Crippen molar-refractivity contribution in [1.29, 1.82) is 0 Å². The second kappa shape index (κ2) is 20.4. The van der Waals surface area contributed by atoms with Crippen LogP contribution in [0.25, 0.3) is 0 Å². The standard InChI is InChI=1S/C25H44N8O10S2/c1-25(2,24(43)32-15(9-17(28)34)21(39)31-16(11-45)23(41)42)33-22(40)14(6-7-18(35)36)30-20(38)13(5-3-4-8-26)29-19(37)12(27)10-44/h12-16,44-45H,3-11,26-27H2,1-2H3,(H2,28,34)(H,29,37)(H,30,38)(H,31,39)(H,32,43)(H,33,40)(H,35,36)(H,41,42)/t12-,13-,14-,15-,16-/m0/s1. The SMILES string of the molecule is CC(C)(NC(=O)[C@H](CCC(=O)O)NC(=O)[C@H](CCCCN)NC(=O)[C@@H](N)CS)C(=O)N[C@@H](CC(N)=O)C(=O)N[C@@H](CS)C(=O)O. The number of aliphatic carboxylic acids is 2. The molecule has 45 heavy (non-hydrogen) atoms. The Morgan fingerprint density at radius 2 is 1.27 bits per heavy atom. The zero-order chi connectivity index (χ0) is 34.9. The second-order valence-corrected chi connectivity index (χ2v) is 11.3. The van der Waals surface area contributed by atoms with Crippen molar-refractivity contribution >= 4 is 72.6 Å². The van der Waals surface area contributed by atoms with Gasteiger partial charge in [-0.3, -0.25) is 33.6 Å². The van der Waals surface area contributed by atoms with Crippen LogP contribution in [-0.2, 0) is 38.4 Å². The number of carbonyl (C=O) groups is 8. The van der Waals surface area contributed by atoms with Crippen LogP contribution in [0.2, 0.25) is 0 Å². The highest BCUT2D eigenvalue weighted by Gasteiger charge is 2.37. The number of hydrogen-bond acceptors (Lipinski definition) is 12. The predicted molar refractivity (Wildman–Crippen MR) is 167 cm³/mol. The lowest BCUT2D eigenvalue weighted by Crippen LogP contribution is -2.63. The summed E-state index contributed by atoms with van der Waals surface area (Å²) in [5.41, 5.74) is 14.5. The van der Waals surface area contributed by atoms with E-state index in [4.69, 9.17) is 22.3 Å². The molecule has 18 nitrogen and oxygen atoms in total. The predicted octanol–water partition coefficient (Wildman–Crippen LogP) is -4.04. The number of thiol groups is 2. The van der Waals surface area contributed by atoms with Crippen molar-refractivity contribution in [3.63, 3.8) is 0 Å². The largest absolute Gasteiger partial charge is 0.481 e. The minimum absolute atomic E-state index is 0.0128. The highest BCUT2D eigenvalue weighted by Crippen LogP contribution is 2.09. The molecule has 0 saturated heterocycles. The van der Waals surface area contributed by atoms with Crippen LogP contribution in [0.4, 0.5) is 0 Å². The molecule has 0 unspecified atom stereocenters. The number of unbranched alkanes of at least 4 members (excludes halogenated alkanes) is 1. The third kappa shape index (κ3) is 15.8. The normalized spacial score (nSPS) is 14.4. The molecular weight excluding hydrogens is 636 g/mol. The Bertz CT molecular complexity index is 1090. The molecule has 0 aliphatic carbocycles. The fourth-order valence-electron chi connectivity index (χ4n) is 3.59. The van der Waals surface area contributed by atoms with E-state index < -0.39 is 102 Å². The summed E-state index contributed by atoms with van der Waals surface area (Å²) in [5, 5.41) is 29.9. The topological polar surface area (TPSA) is 315 Å². The van der Waals surface area contributed by atoms with Gasteiger partial charge in [0.25, 0.3) is 0 Å². The quantitative estimate of drug-likeness (QED) is 0.0384. The van der Waals surface area contributed by atoms with Gasteiger partial charge in [-0.05, 0) is 46.1 Å². The molecule has 0 spiro atoms. The molecule has 0 fully saturated rings. The molecule has 6 amide bonds. The highest BCUT2D eigenvalue weighted by molar-refractivity contribution is 7.80. The lowest BCUT2D eigenvalue weighted by Gasteiger charge is -2.30. The maximum absolute atomic E-state index is 13.3. The van der Waals surface area contributed by atoms with E-state index in [1.807, 2.05) is 0 Å². The van der Waals surface area contributed by atoms with Crippen molar-refractivity contribution in [2.45, 2.75) is 88.1 Å². The molecule has 0 rings (SSSR count). The van der Waals surface area contributed by atoms with Crippen molar-refractivity contribution in [1.82, 2.24) is 26.6 Å². The van der Waals surface area contributed by atoms with E-state index in [-0.39, 0.29) is 17.9 Å². The number of nitrogens with one attached hydrogen (secondary N) is 5. The first-order chi connectivity index (χ1) is 20.9. The number of hydrogen-bond donors (Lipinski definition) is 12. The van der Waals surface area contributed by atoms with Gasteiger partial charge in [0.15, 0.2) is 0 Å². The average Bonchev–Trinajstić information content (AvgIpc) is 2.95. The van der Waals surface area contributed by atoms with Gasteiger partial charge in [-0.1, -0.05) is 0 Å². The van der Waals surface area contributed by atoms with Crippen LogP contribution in [0.15, 0.2) is 0 Å². The molecule has 0 aromatic rings. The zero-order valence-electron chi connectivity index (χ0n) is 25.0. The van der Waals surface area contributed by atoms with Gasteiger partial charge in [-0.25, -0.2) is 4.79 Å². The molecule has 13 N–H and O–H groups in total. The molecular formula is C25H44N8O10S2. The van der Waals surface area contributed by atoms with Crippen molar-refractivity contribution in [2.24, 2.45) is 17.2 Å². The molecule has 256 valence electrons. The Morgan fingerprint density at radius 1 is 0.733 bits per heavy atom. The lowest BCUT2D eigenvalue weighted by molar-refractivity contribution is -0.142. The number of carbonyl (C=O) groups excluding carboxylic acids is 6. The Balaban J connectivity index is 5.93. The molecule has 20 heteroatoms. The fraction of sp³-hybridized carbons (Fsp3) is 0.680. The number of amides is 6. The number of primary amides is 1. The van der Waals surface area contributed by atoms with Gasteiger partial charge in [0.1, 0.15) is 29.7 Å². The van der Waals surface area contributed by atoms with Crippen molar-refractivity contribution in [2.75, 3.05) is 18.1 Å². The van der Waals surface area contributed by atoms with E-state index in [0.29, 0.717) is 19.4 Å². The van der Waals surface area contributed by atoms with Crippen molar-refractivity contribution in [3.8, 4) is 0 Å². The molecule has 5 atom stereocenters. The first-order valence-corrected chi connectivity index (χ1v) is 15.1. The monoisotopic (exact) mass is 680 g/mol. The van der Waals surface area contributed by atoms with Gasteiger partial charge in [0.05, 0.1) is 12.5 Å². The van der Waals surface area contributed by atoms with Crippen LogP contribution in [0.1, 0.15) is 52.4 Å². The van der Waals surface area contributed by atoms with Gasteiger partial charge in [-0.2, -0.15) is 25.3 Å². The van der Waals surface area contributed by atoms with E-state index in [2.05, 4.69) is 51.8 Å². The van der Waals surface area contributed by atoms with Crippen molar-refractivity contribution < 1.29 is 48.6 Å². The summed E-state index contributed by atoms with van der Waals surface area (Å²) in [6.45, 7) is 2.76. The lowest BCUT2D eigenvalue weighted by atomic mass is 10.0. The first kappa shape index (κ1) is 41.4. The Kier molecular flexibility index (Phi) is 18.8. The molecule has 0 aliphatic heterocycles. The van der Waals surface area contributed by atoms with E-state index in [0.717, 1.165) is 0 Å². The van der Waals surface area contributed by atoms with Crippen LogP contribution < -0.4 is 43.8 Å². The molecule has 0 aliphatic rings. The maximum Gasteiger partial charge on any atom is 0.327 e. The van der Waals surface area contributed by atoms with Crippen LogP contribution >= 0.6 is 25.3 Å². The minimum atomic E-state index is -1.83. The summed E-state index contributed by atoms with van der Waals surface area (Å²) in [4.78, 5) is 98.6. The summed E-state index contributed by atoms with van der Waals surface area (Å²) in [6.07, 6.45) is -0.621. The summed E-state index contributed by atoms with van der Waals surface area (Å²) < 4.78 is 0. The molecule has 0 bridgehead atoms. The summed E-state index contributed by atoms with van der Waals surface area (Å²) in [6, 6.07) is -6.76. The smallest absolute Gasteiger partial charge is 0.327 e. The first-order valence-electron chi connectivity index (χ1n) is 13.8. The summed E-state index contributed by atoms with van der Waals surface area (Å²) >= 11 is 7.79. The van der Waals surface area contributed by atoms with Crippen LogP contribution in [0, 0.1) is 0 Å². The molecule has 0 heterocycles. The van der Waals surface area contributed by atoms with E-state index in [1.54, 1.807) is 0 Å². The molecule has 0 aromatic heterocycles. The Labute approximate surface area is 270 Å². The minimum Gasteiger partial charge on any atom is -0.481 e. The Hall–Kier alpha value is -3.62. The number of carboxylic acids is 2. The number of nitrogens with two attached hydrogens (primary N) is 3. The van der Waals surface area contributed by atoms with E-state index in [9.17, 15) is 43.5 Å². The summed E-state index contributed by atoms with van der Waals surface area (Å²) in [5.74, 6) is -8.58. The van der Waals surface area contributed by atoms with Crippen LogP contribution in [-0.4, -0.2) is 111 Å². The van der Waals surface area contributed by atoms with Gasteiger partial charge >= 0.3 is 11.9 Å². The highest BCUT2D eigenvalue weighted by atomic mass is 32.1. The maximum atomic E-state index is 13.3.